The van der Waals surface area contributed by atoms with E-state index in [-0.39, 0.29) is 11.8 Å². The number of hydrogen-bond donors (Lipinski definition) is 1. The molecule has 1 aliphatic rings. The lowest BCUT2D eigenvalue weighted by Crippen LogP contribution is -2.40. The zero-order chi connectivity index (χ0) is 18.4. The predicted octanol–water partition coefficient (Wildman–Crippen LogP) is 3.88. The SMILES string of the molecule is O=C(CCC1CCCN(C(=O)c2ccoc2)C1)NCc1ccccc1Cl. The van der Waals surface area contributed by atoms with Crippen LogP contribution in [0.3, 0.4) is 0 Å². The van der Waals surface area contributed by atoms with Gasteiger partial charge in [-0.3, -0.25) is 9.59 Å². The van der Waals surface area contributed by atoms with Gasteiger partial charge in [0.15, 0.2) is 0 Å². The fourth-order valence-corrected chi connectivity index (χ4v) is 3.52. The number of piperidine rings is 1. The monoisotopic (exact) mass is 374 g/mol. The lowest BCUT2D eigenvalue weighted by atomic mass is 9.93. The fourth-order valence-electron chi connectivity index (χ4n) is 3.31. The van der Waals surface area contributed by atoms with E-state index in [0.717, 1.165) is 31.4 Å². The number of nitrogens with zero attached hydrogens (tertiary/aromatic N) is 1. The van der Waals surface area contributed by atoms with Crippen LogP contribution in [0.2, 0.25) is 5.02 Å². The molecule has 1 aliphatic heterocycles. The summed E-state index contributed by atoms with van der Waals surface area (Å²) < 4.78 is 4.99. The van der Waals surface area contributed by atoms with Crippen molar-refractivity contribution in [1.29, 1.82) is 0 Å². The van der Waals surface area contributed by atoms with Gasteiger partial charge < -0.3 is 14.6 Å². The summed E-state index contributed by atoms with van der Waals surface area (Å²) in [4.78, 5) is 26.4. The van der Waals surface area contributed by atoms with Crippen LogP contribution in [0.25, 0.3) is 0 Å². The molecule has 1 aromatic heterocycles. The Morgan fingerprint density at radius 3 is 2.88 bits per heavy atom. The minimum Gasteiger partial charge on any atom is -0.472 e. The maximum atomic E-state index is 12.4. The summed E-state index contributed by atoms with van der Waals surface area (Å²) >= 11 is 6.10. The summed E-state index contributed by atoms with van der Waals surface area (Å²) in [6.07, 6.45) is 6.25. The number of rotatable bonds is 6. The van der Waals surface area contributed by atoms with Gasteiger partial charge in [-0.1, -0.05) is 29.8 Å². The Bertz CT molecular complexity index is 745. The first kappa shape index (κ1) is 18.5. The van der Waals surface area contributed by atoms with Crippen molar-refractivity contribution in [2.45, 2.75) is 32.2 Å². The van der Waals surface area contributed by atoms with Crippen molar-refractivity contribution >= 4 is 23.4 Å². The van der Waals surface area contributed by atoms with Crippen molar-refractivity contribution in [3.05, 3.63) is 59.0 Å². The third kappa shape index (κ3) is 4.88. The van der Waals surface area contributed by atoms with E-state index in [0.29, 0.717) is 36.0 Å². The number of amides is 2. The van der Waals surface area contributed by atoms with E-state index in [2.05, 4.69) is 5.32 Å². The molecule has 0 radical (unpaired) electrons. The van der Waals surface area contributed by atoms with Gasteiger partial charge in [0.1, 0.15) is 6.26 Å². The van der Waals surface area contributed by atoms with E-state index in [4.69, 9.17) is 16.0 Å². The number of furan rings is 1. The number of likely N-dealkylation sites (tertiary alicyclic amines) is 1. The van der Waals surface area contributed by atoms with Gasteiger partial charge in [-0.25, -0.2) is 0 Å². The maximum Gasteiger partial charge on any atom is 0.257 e. The van der Waals surface area contributed by atoms with Crippen molar-refractivity contribution in [1.82, 2.24) is 10.2 Å². The quantitative estimate of drug-likeness (QED) is 0.834. The number of benzene rings is 1. The van der Waals surface area contributed by atoms with Crippen molar-refractivity contribution in [2.24, 2.45) is 5.92 Å². The minimum atomic E-state index is 0.00613. The van der Waals surface area contributed by atoms with Crippen LogP contribution in [0.1, 0.15) is 41.6 Å². The zero-order valence-corrected chi connectivity index (χ0v) is 15.4. The standard InChI is InChI=1S/C20H23ClN2O3/c21-18-6-2-1-5-16(18)12-22-19(24)8-7-15-4-3-10-23(13-15)20(25)17-9-11-26-14-17/h1-2,5-6,9,11,14-15H,3-4,7-8,10,12-13H2,(H,22,24). The minimum absolute atomic E-state index is 0.00613. The van der Waals surface area contributed by atoms with Crippen molar-refractivity contribution in [2.75, 3.05) is 13.1 Å². The van der Waals surface area contributed by atoms with Gasteiger partial charge in [0.05, 0.1) is 11.8 Å². The first-order valence-corrected chi connectivity index (χ1v) is 9.33. The molecule has 2 amide bonds. The second kappa shape index (κ2) is 8.90. The van der Waals surface area contributed by atoms with Crippen LogP contribution in [0.5, 0.6) is 0 Å². The molecule has 0 spiro atoms. The highest BCUT2D eigenvalue weighted by Gasteiger charge is 2.25. The number of nitrogens with one attached hydrogen (secondary N) is 1. The first-order chi connectivity index (χ1) is 12.6. The first-order valence-electron chi connectivity index (χ1n) is 8.95. The van der Waals surface area contributed by atoms with Crippen LogP contribution in [-0.4, -0.2) is 29.8 Å². The molecular formula is C20H23ClN2O3. The summed E-state index contributed by atoms with van der Waals surface area (Å²) in [6, 6.07) is 9.18. The van der Waals surface area contributed by atoms with Crippen LogP contribution >= 0.6 is 11.6 Å². The fraction of sp³-hybridized carbons (Fsp3) is 0.400. The van der Waals surface area contributed by atoms with Crippen molar-refractivity contribution in [3.8, 4) is 0 Å². The molecule has 6 heteroatoms. The number of carbonyl (C=O) groups excluding carboxylic acids is 2. The molecule has 1 N–H and O–H groups in total. The molecule has 2 aromatic rings. The summed E-state index contributed by atoms with van der Waals surface area (Å²) in [5.74, 6) is 0.375. The molecule has 0 bridgehead atoms. The predicted molar refractivity (Wildman–Crippen MR) is 99.9 cm³/mol. The van der Waals surface area contributed by atoms with Crippen LogP contribution in [0.4, 0.5) is 0 Å². The molecule has 1 aromatic carbocycles. The summed E-state index contributed by atoms with van der Waals surface area (Å²) in [5.41, 5.74) is 1.50. The highest BCUT2D eigenvalue weighted by molar-refractivity contribution is 6.31. The van der Waals surface area contributed by atoms with Gasteiger partial charge in [0.2, 0.25) is 5.91 Å². The highest BCUT2D eigenvalue weighted by atomic mass is 35.5. The van der Waals surface area contributed by atoms with Crippen LogP contribution < -0.4 is 5.32 Å². The Hall–Kier alpha value is -2.27. The Kier molecular flexibility index (Phi) is 6.34. The number of carbonyl (C=O) groups is 2. The molecular weight excluding hydrogens is 352 g/mol. The largest absolute Gasteiger partial charge is 0.472 e. The van der Waals surface area contributed by atoms with Crippen molar-refractivity contribution in [3.63, 3.8) is 0 Å². The normalized spacial score (nSPS) is 17.1. The Labute approximate surface area is 158 Å². The van der Waals surface area contributed by atoms with E-state index >= 15 is 0 Å². The second-order valence-corrected chi connectivity index (χ2v) is 7.09. The molecule has 26 heavy (non-hydrogen) atoms. The molecule has 5 nitrogen and oxygen atoms in total. The van der Waals surface area contributed by atoms with Crippen LogP contribution in [-0.2, 0) is 11.3 Å². The van der Waals surface area contributed by atoms with Crippen molar-refractivity contribution < 1.29 is 14.0 Å². The summed E-state index contributed by atoms with van der Waals surface area (Å²) in [7, 11) is 0. The molecule has 1 atom stereocenters. The summed E-state index contributed by atoms with van der Waals surface area (Å²) in [6.45, 7) is 1.90. The average Bonchev–Trinajstić information content (AvgIpc) is 3.20. The molecule has 138 valence electrons. The number of hydrogen-bond acceptors (Lipinski definition) is 3. The average molecular weight is 375 g/mol. The Morgan fingerprint density at radius 1 is 1.27 bits per heavy atom. The van der Waals surface area contributed by atoms with Gasteiger partial charge >= 0.3 is 0 Å². The lowest BCUT2D eigenvalue weighted by Gasteiger charge is -2.32. The zero-order valence-electron chi connectivity index (χ0n) is 14.6. The molecule has 1 saturated heterocycles. The lowest BCUT2D eigenvalue weighted by molar-refractivity contribution is -0.121. The molecule has 2 heterocycles. The third-order valence-corrected chi connectivity index (χ3v) is 5.16. The van der Waals surface area contributed by atoms with Crippen LogP contribution in [0.15, 0.2) is 47.3 Å². The Morgan fingerprint density at radius 2 is 2.12 bits per heavy atom. The van der Waals surface area contributed by atoms with Gasteiger partial charge in [0.25, 0.3) is 5.91 Å². The maximum absolute atomic E-state index is 12.4. The molecule has 0 saturated carbocycles. The number of halogens is 1. The van der Waals surface area contributed by atoms with E-state index in [9.17, 15) is 9.59 Å². The molecule has 1 unspecified atom stereocenters. The van der Waals surface area contributed by atoms with Crippen LogP contribution in [0, 0.1) is 5.92 Å². The Balaban J connectivity index is 1.43. The molecule has 0 aliphatic carbocycles. The highest BCUT2D eigenvalue weighted by Crippen LogP contribution is 2.22. The second-order valence-electron chi connectivity index (χ2n) is 6.68. The van der Waals surface area contributed by atoms with E-state index < -0.39 is 0 Å². The molecule has 3 rings (SSSR count). The van der Waals surface area contributed by atoms with Gasteiger partial charge in [0, 0.05) is 31.1 Å². The van der Waals surface area contributed by atoms with E-state index in [1.54, 1.807) is 6.07 Å². The topological polar surface area (TPSA) is 62.6 Å². The van der Waals surface area contributed by atoms with E-state index in [1.165, 1.54) is 12.5 Å². The summed E-state index contributed by atoms with van der Waals surface area (Å²) in [5, 5.41) is 3.58. The van der Waals surface area contributed by atoms with Gasteiger partial charge in [-0.2, -0.15) is 0 Å². The van der Waals surface area contributed by atoms with E-state index in [1.807, 2.05) is 29.2 Å². The van der Waals surface area contributed by atoms with Gasteiger partial charge in [-0.05, 0) is 42.9 Å². The third-order valence-electron chi connectivity index (χ3n) is 4.79. The van der Waals surface area contributed by atoms with Gasteiger partial charge in [-0.15, -0.1) is 0 Å². The smallest absolute Gasteiger partial charge is 0.257 e. The molecule has 1 fully saturated rings.